The Morgan fingerprint density at radius 3 is 2.78 bits per heavy atom. The summed E-state index contributed by atoms with van der Waals surface area (Å²) in [7, 11) is 0. The molecule has 1 fully saturated rings. The lowest BCUT2D eigenvalue weighted by Crippen LogP contribution is -2.20. The fraction of sp³-hybridized carbons (Fsp3) is 0.692. The Kier molecular flexibility index (Phi) is 4.69. The van der Waals surface area contributed by atoms with E-state index in [1.54, 1.807) is 0 Å². The molecule has 0 spiro atoms. The number of anilines is 2. The minimum atomic E-state index is 0.306. The van der Waals surface area contributed by atoms with E-state index in [4.69, 9.17) is 5.73 Å². The van der Waals surface area contributed by atoms with E-state index >= 15 is 0 Å². The molecular weight excluding hydrogens is 244 g/mol. The summed E-state index contributed by atoms with van der Waals surface area (Å²) in [5, 5.41) is 3.41. The fourth-order valence-electron chi connectivity index (χ4n) is 2.03. The normalized spacial score (nSPS) is 17.1. The molecule has 4 nitrogen and oxygen atoms in total. The van der Waals surface area contributed by atoms with Crippen molar-refractivity contribution in [2.75, 3.05) is 29.1 Å². The lowest BCUT2D eigenvalue weighted by Gasteiger charge is -2.22. The van der Waals surface area contributed by atoms with Crippen molar-refractivity contribution in [3.05, 3.63) is 11.9 Å². The molecule has 5 heteroatoms. The van der Waals surface area contributed by atoms with E-state index in [2.05, 4.69) is 40.9 Å². The van der Waals surface area contributed by atoms with Crippen LogP contribution in [0, 0.1) is 5.92 Å². The summed E-state index contributed by atoms with van der Waals surface area (Å²) in [5.41, 5.74) is 5.81. The second kappa shape index (κ2) is 6.27. The summed E-state index contributed by atoms with van der Waals surface area (Å²) in [5.74, 6) is 5.88. The second-order valence-corrected chi connectivity index (χ2v) is 6.35. The van der Waals surface area contributed by atoms with Crippen LogP contribution >= 0.6 is 11.8 Å². The van der Waals surface area contributed by atoms with Gasteiger partial charge in [-0.25, -0.2) is 9.97 Å². The average Bonchev–Trinajstić information content (AvgIpc) is 2.37. The van der Waals surface area contributed by atoms with Gasteiger partial charge in [-0.2, -0.15) is 11.8 Å². The first-order chi connectivity index (χ1) is 8.65. The molecule has 1 aromatic heterocycles. The predicted molar refractivity (Wildman–Crippen MR) is 79.1 cm³/mol. The predicted octanol–water partition coefficient (Wildman–Crippen LogP) is 2.74. The van der Waals surface area contributed by atoms with E-state index in [9.17, 15) is 0 Å². The van der Waals surface area contributed by atoms with Crippen LogP contribution in [0.3, 0.4) is 0 Å². The van der Waals surface area contributed by atoms with E-state index in [1.807, 2.05) is 6.07 Å². The van der Waals surface area contributed by atoms with Gasteiger partial charge in [-0.05, 0) is 30.3 Å². The van der Waals surface area contributed by atoms with Crippen LogP contribution in [0.4, 0.5) is 11.6 Å². The van der Waals surface area contributed by atoms with Crippen molar-refractivity contribution in [1.82, 2.24) is 9.97 Å². The highest BCUT2D eigenvalue weighted by molar-refractivity contribution is 7.99. The first kappa shape index (κ1) is 13.5. The van der Waals surface area contributed by atoms with Crippen LogP contribution in [-0.4, -0.2) is 28.0 Å². The van der Waals surface area contributed by atoms with Crippen molar-refractivity contribution >= 4 is 23.4 Å². The van der Waals surface area contributed by atoms with Crippen molar-refractivity contribution in [3.63, 3.8) is 0 Å². The zero-order valence-electron chi connectivity index (χ0n) is 11.1. The van der Waals surface area contributed by atoms with Gasteiger partial charge in [-0.1, -0.05) is 13.8 Å². The van der Waals surface area contributed by atoms with Crippen molar-refractivity contribution in [1.29, 1.82) is 0 Å². The molecule has 1 aromatic rings. The number of nitrogens with zero attached hydrogens (tertiary/aromatic N) is 2. The molecular formula is C13H22N4S. The van der Waals surface area contributed by atoms with Gasteiger partial charge >= 0.3 is 0 Å². The third-order valence-electron chi connectivity index (χ3n) is 3.19. The topological polar surface area (TPSA) is 63.8 Å². The number of thioether (sulfide) groups is 1. The molecule has 0 aromatic carbocycles. The molecule has 0 unspecified atom stereocenters. The summed E-state index contributed by atoms with van der Waals surface area (Å²) in [4.78, 5) is 8.76. The summed E-state index contributed by atoms with van der Waals surface area (Å²) in [6, 6.07) is 1.82. The first-order valence-corrected chi connectivity index (χ1v) is 7.76. The Balaban J connectivity index is 1.95. The molecule has 18 heavy (non-hydrogen) atoms. The van der Waals surface area contributed by atoms with E-state index < -0.39 is 0 Å². The number of nitrogens with one attached hydrogen (secondary N) is 1. The van der Waals surface area contributed by atoms with Gasteiger partial charge in [-0.15, -0.1) is 0 Å². The van der Waals surface area contributed by atoms with Gasteiger partial charge in [0.25, 0.3) is 0 Å². The van der Waals surface area contributed by atoms with Gasteiger partial charge in [0.05, 0.1) is 0 Å². The number of aromatic nitrogens is 2. The number of nitrogens with two attached hydrogens (primary N) is 1. The number of hydrogen-bond acceptors (Lipinski definition) is 5. The standard InChI is InChI=1S/C13H22N4S/c1-9(2)13-16-11(14)7-12(17-13)15-8-10-3-5-18-6-4-10/h7,9-10H,3-6,8H2,1-2H3,(H3,14,15,16,17). The van der Waals surface area contributed by atoms with Crippen LogP contribution in [0.1, 0.15) is 38.4 Å². The Morgan fingerprint density at radius 2 is 2.11 bits per heavy atom. The van der Waals surface area contributed by atoms with Crippen molar-refractivity contribution in [2.45, 2.75) is 32.6 Å². The lowest BCUT2D eigenvalue weighted by atomic mass is 10.0. The van der Waals surface area contributed by atoms with Crippen molar-refractivity contribution in [3.8, 4) is 0 Å². The molecule has 3 N–H and O–H groups in total. The Labute approximate surface area is 113 Å². The van der Waals surface area contributed by atoms with Gasteiger partial charge < -0.3 is 11.1 Å². The maximum atomic E-state index is 5.81. The zero-order chi connectivity index (χ0) is 13.0. The minimum Gasteiger partial charge on any atom is -0.384 e. The van der Waals surface area contributed by atoms with E-state index in [0.717, 1.165) is 24.1 Å². The molecule has 1 aliphatic rings. The third kappa shape index (κ3) is 3.77. The molecule has 0 amide bonds. The highest BCUT2D eigenvalue weighted by Gasteiger charge is 2.14. The Bertz CT molecular complexity index is 389. The number of hydrogen-bond donors (Lipinski definition) is 2. The highest BCUT2D eigenvalue weighted by atomic mass is 32.2. The first-order valence-electron chi connectivity index (χ1n) is 6.61. The molecule has 2 heterocycles. The van der Waals surface area contributed by atoms with Gasteiger partial charge in [0.1, 0.15) is 17.5 Å². The van der Waals surface area contributed by atoms with E-state index in [0.29, 0.717) is 11.7 Å². The molecule has 0 aliphatic carbocycles. The largest absolute Gasteiger partial charge is 0.384 e. The van der Waals surface area contributed by atoms with Gasteiger partial charge in [0.2, 0.25) is 0 Å². The smallest absolute Gasteiger partial charge is 0.135 e. The molecule has 100 valence electrons. The average molecular weight is 266 g/mol. The van der Waals surface area contributed by atoms with Crippen molar-refractivity contribution < 1.29 is 0 Å². The fourth-order valence-corrected chi connectivity index (χ4v) is 3.24. The van der Waals surface area contributed by atoms with Crippen LogP contribution in [0.5, 0.6) is 0 Å². The quantitative estimate of drug-likeness (QED) is 0.877. The minimum absolute atomic E-state index is 0.306. The van der Waals surface area contributed by atoms with E-state index in [-0.39, 0.29) is 0 Å². The van der Waals surface area contributed by atoms with Crippen molar-refractivity contribution in [2.24, 2.45) is 5.92 Å². The second-order valence-electron chi connectivity index (χ2n) is 5.13. The molecule has 0 atom stereocenters. The maximum absolute atomic E-state index is 5.81. The molecule has 0 saturated carbocycles. The molecule has 2 rings (SSSR count). The lowest BCUT2D eigenvalue weighted by molar-refractivity contribution is 0.515. The van der Waals surface area contributed by atoms with Gasteiger partial charge in [-0.3, -0.25) is 0 Å². The van der Waals surface area contributed by atoms with Crippen LogP contribution in [0.15, 0.2) is 6.07 Å². The summed E-state index contributed by atoms with van der Waals surface area (Å²) >= 11 is 2.06. The molecule has 0 bridgehead atoms. The summed E-state index contributed by atoms with van der Waals surface area (Å²) < 4.78 is 0. The SMILES string of the molecule is CC(C)c1nc(N)cc(NCC2CCSCC2)n1. The number of nitrogen functional groups attached to an aromatic ring is 1. The Morgan fingerprint density at radius 1 is 1.39 bits per heavy atom. The maximum Gasteiger partial charge on any atom is 0.135 e. The summed E-state index contributed by atoms with van der Waals surface area (Å²) in [6.45, 7) is 5.16. The summed E-state index contributed by atoms with van der Waals surface area (Å²) in [6.07, 6.45) is 2.60. The number of rotatable bonds is 4. The highest BCUT2D eigenvalue weighted by Crippen LogP contribution is 2.23. The monoisotopic (exact) mass is 266 g/mol. The van der Waals surface area contributed by atoms with Gasteiger partial charge in [0, 0.05) is 18.5 Å². The molecule has 1 aliphatic heterocycles. The van der Waals surface area contributed by atoms with Crippen LogP contribution in [0.2, 0.25) is 0 Å². The zero-order valence-corrected chi connectivity index (χ0v) is 12.0. The van der Waals surface area contributed by atoms with Crippen LogP contribution < -0.4 is 11.1 Å². The Hall–Kier alpha value is -0.970. The molecule has 1 saturated heterocycles. The van der Waals surface area contributed by atoms with Crippen LogP contribution in [-0.2, 0) is 0 Å². The third-order valence-corrected chi connectivity index (χ3v) is 4.24. The van der Waals surface area contributed by atoms with Gasteiger partial charge in [0.15, 0.2) is 0 Å². The van der Waals surface area contributed by atoms with Crippen LogP contribution in [0.25, 0.3) is 0 Å². The van der Waals surface area contributed by atoms with E-state index in [1.165, 1.54) is 24.3 Å². The molecule has 0 radical (unpaired) electrons.